The molecule has 0 aromatic rings. The summed E-state index contributed by atoms with van der Waals surface area (Å²) in [7, 11) is 0. The zero-order valence-electron chi connectivity index (χ0n) is 24.8. The summed E-state index contributed by atoms with van der Waals surface area (Å²) in [5.41, 5.74) is 0. The van der Waals surface area contributed by atoms with Gasteiger partial charge in [0.15, 0.2) is 0 Å². The molecule has 37 heavy (non-hydrogen) atoms. The molecule has 0 aliphatic carbocycles. The van der Waals surface area contributed by atoms with Crippen molar-refractivity contribution >= 4 is 58.3 Å². The molecule has 0 rings (SSSR count). The van der Waals surface area contributed by atoms with Crippen LogP contribution >= 0.6 is 24.4 Å². The molecule has 0 aliphatic heterocycles. The summed E-state index contributed by atoms with van der Waals surface area (Å²) in [6, 6.07) is 0. The van der Waals surface area contributed by atoms with Gasteiger partial charge in [-0.1, -0.05) is 139 Å². The van der Waals surface area contributed by atoms with Gasteiger partial charge in [0.25, 0.3) is 0 Å². The van der Waals surface area contributed by atoms with E-state index >= 15 is 0 Å². The van der Waals surface area contributed by atoms with Gasteiger partial charge >= 0.3 is 16.5 Å². The minimum absolute atomic E-state index is 0. The van der Waals surface area contributed by atoms with Gasteiger partial charge in [-0.3, -0.25) is 0 Å². The van der Waals surface area contributed by atoms with Crippen molar-refractivity contribution in [3.8, 4) is 0 Å². The molecule has 0 saturated carbocycles. The summed E-state index contributed by atoms with van der Waals surface area (Å²) in [5.74, 6) is 0. The molecule has 0 atom stereocenters. The standard InChI is InChI=1S/2C15H31NS2.Ni/c2*1-3-5-7-9-11-13-16(15(17)18)14-12-10-8-6-4-2;/h2*3-14H2,1-2H3,(H,17,18);/q;;+2/p-2. The minimum Gasteiger partial charge on any atom is -0.411 e. The molecule has 0 N–H and O–H groups in total. The fraction of sp³-hybridized carbons (Fsp3) is 0.933. The summed E-state index contributed by atoms with van der Waals surface area (Å²) >= 11 is 20.6. The Labute approximate surface area is 265 Å². The van der Waals surface area contributed by atoms with Gasteiger partial charge in [0.2, 0.25) is 0 Å². The molecule has 0 radical (unpaired) electrons. The molecule has 0 aromatic heterocycles. The first kappa shape index (κ1) is 42.2. The first-order chi connectivity index (χ1) is 17.4. The average molecular weight is 636 g/mol. The van der Waals surface area contributed by atoms with Crippen molar-refractivity contribution < 1.29 is 16.5 Å². The van der Waals surface area contributed by atoms with E-state index in [9.17, 15) is 0 Å². The van der Waals surface area contributed by atoms with Crippen LogP contribution in [0.2, 0.25) is 0 Å². The quantitative estimate of drug-likeness (QED) is 0.0448. The van der Waals surface area contributed by atoms with E-state index in [0.29, 0.717) is 8.64 Å². The third-order valence-corrected chi connectivity index (χ3v) is 7.68. The Balaban J connectivity index is -0.000000608. The molecule has 0 aliphatic rings. The van der Waals surface area contributed by atoms with Crippen molar-refractivity contribution in [2.75, 3.05) is 26.2 Å². The van der Waals surface area contributed by atoms with Crippen LogP contribution in [-0.4, -0.2) is 44.6 Å². The molecule has 0 bridgehead atoms. The summed E-state index contributed by atoms with van der Waals surface area (Å²) in [5, 5.41) is 0. The van der Waals surface area contributed by atoms with Crippen molar-refractivity contribution in [3.63, 3.8) is 0 Å². The van der Waals surface area contributed by atoms with Crippen molar-refractivity contribution in [3.05, 3.63) is 0 Å². The second kappa shape index (κ2) is 34.7. The second-order valence-electron chi connectivity index (χ2n) is 10.2. The maximum atomic E-state index is 5.16. The molecular weight excluding hydrogens is 575 g/mol. The topological polar surface area (TPSA) is 6.48 Å². The molecule has 0 heterocycles. The molecule has 0 aromatic carbocycles. The largest absolute Gasteiger partial charge is 2.00 e. The molecule has 0 spiro atoms. The predicted octanol–water partition coefficient (Wildman–Crippen LogP) is 10.1. The zero-order chi connectivity index (χ0) is 27.3. The van der Waals surface area contributed by atoms with Crippen molar-refractivity contribution in [2.24, 2.45) is 0 Å². The molecule has 0 amide bonds. The van der Waals surface area contributed by atoms with Crippen LogP contribution in [0.25, 0.3) is 0 Å². The monoisotopic (exact) mass is 634 g/mol. The van der Waals surface area contributed by atoms with Gasteiger partial charge < -0.3 is 59.5 Å². The molecular formula is C30H60N2NiS4. The number of thiocarbonyl (C=S) groups is 2. The van der Waals surface area contributed by atoms with Crippen LogP contribution in [0.4, 0.5) is 0 Å². The summed E-state index contributed by atoms with van der Waals surface area (Å²) < 4.78 is 1.34. The first-order valence-corrected chi connectivity index (χ1v) is 17.0. The minimum atomic E-state index is 0. The van der Waals surface area contributed by atoms with E-state index in [0.717, 1.165) is 26.2 Å². The maximum absolute atomic E-state index is 5.16. The SMILES string of the molecule is CCCCCCCN(CCCCCCC)C(=S)[S-].CCCCCCCN(CCCCCCC)C(=S)[S-].[Ni+2]. The van der Waals surface area contributed by atoms with E-state index in [1.165, 1.54) is 128 Å². The normalized spacial score (nSPS) is 10.3. The number of unbranched alkanes of at least 4 members (excludes halogenated alkanes) is 16. The van der Waals surface area contributed by atoms with Gasteiger partial charge in [-0.15, -0.1) is 0 Å². The van der Waals surface area contributed by atoms with E-state index in [2.05, 4.69) is 37.5 Å². The van der Waals surface area contributed by atoms with E-state index in [-0.39, 0.29) is 16.5 Å². The first-order valence-electron chi connectivity index (χ1n) is 15.4. The molecule has 2 nitrogen and oxygen atoms in total. The summed E-state index contributed by atoms with van der Waals surface area (Å²) in [6.45, 7) is 13.3. The number of hydrogen-bond donors (Lipinski definition) is 0. The molecule has 0 unspecified atom stereocenters. The fourth-order valence-electron chi connectivity index (χ4n) is 4.21. The second-order valence-corrected chi connectivity index (χ2v) is 12.2. The van der Waals surface area contributed by atoms with Crippen molar-refractivity contribution in [2.45, 2.75) is 156 Å². The number of rotatable bonds is 24. The number of hydrogen-bond acceptors (Lipinski definition) is 4. The van der Waals surface area contributed by atoms with Crippen LogP contribution in [0.5, 0.6) is 0 Å². The van der Waals surface area contributed by atoms with Gasteiger partial charge in [0.1, 0.15) is 0 Å². The maximum Gasteiger partial charge on any atom is 2.00 e. The summed E-state index contributed by atoms with van der Waals surface area (Å²) in [4.78, 5) is 4.45. The Hall–Kier alpha value is 0.714. The van der Waals surface area contributed by atoms with Gasteiger partial charge in [-0.2, -0.15) is 0 Å². The third-order valence-electron chi connectivity index (χ3n) is 6.64. The van der Waals surface area contributed by atoms with E-state index in [1.54, 1.807) is 0 Å². The average Bonchev–Trinajstić information content (AvgIpc) is 2.85. The van der Waals surface area contributed by atoms with Crippen molar-refractivity contribution in [1.82, 2.24) is 9.80 Å². The smallest absolute Gasteiger partial charge is 0.411 e. The Morgan fingerprint density at radius 2 is 0.595 bits per heavy atom. The molecule has 224 valence electrons. The van der Waals surface area contributed by atoms with E-state index in [1.807, 2.05) is 0 Å². The van der Waals surface area contributed by atoms with Crippen molar-refractivity contribution in [1.29, 1.82) is 0 Å². The Morgan fingerprint density at radius 1 is 0.405 bits per heavy atom. The van der Waals surface area contributed by atoms with E-state index in [4.69, 9.17) is 49.7 Å². The third kappa shape index (κ3) is 32.8. The molecule has 0 saturated heterocycles. The Morgan fingerprint density at radius 3 is 0.757 bits per heavy atom. The van der Waals surface area contributed by atoms with Crippen LogP contribution in [-0.2, 0) is 41.7 Å². The molecule has 7 heteroatoms. The van der Waals surface area contributed by atoms with Gasteiger partial charge in [-0.25, -0.2) is 0 Å². The van der Waals surface area contributed by atoms with Gasteiger partial charge in [0.05, 0.1) is 0 Å². The molecule has 0 fully saturated rings. The Bertz CT molecular complexity index is 410. The predicted molar refractivity (Wildman–Crippen MR) is 178 cm³/mol. The van der Waals surface area contributed by atoms with Crippen LogP contribution in [0.1, 0.15) is 156 Å². The zero-order valence-corrected chi connectivity index (χ0v) is 29.1. The Kier molecular flexibility index (Phi) is 39.6. The van der Waals surface area contributed by atoms with E-state index < -0.39 is 0 Å². The van der Waals surface area contributed by atoms with Gasteiger partial charge in [0, 0.05) is 26.2 Å². The van der Waals surface area contributed by atoms with Crippen LogP contribution in [0.3, 0.4) is 0 Å². The fourth-order valence-corrected chi connectivity index (χ4v) is 4.94. The number of nitrogens with zero attached hydrogens (tertiary/aromatic N) is 2. The summed E-state index contributed by atoms with van der Waals surface area (Å²) in [6.07, 6.45) is 26.3. The van der Waals surface area contributed by atoms with Crippen LogP contribution in [0.15, 0.2) is 0 Å². The van der Waals surface area contributed by atoms with Crippen LogP contribution < -0.4 is 0 Å². The van der Waals surface area contributed by atoms with Crippen LogP contribution in [0, 0.1) is 0 Å². The van der Waals surface area contributed by atoms with Gasteiger partial charge in [-0.05, 0) is 25.7 Å².